The van der Waals surface area contributed by atoms with Crippen molar-refractivity contribution in [1.82, 2.24) is 4.40 Å². The van der Waals surface area contributed by atoms with Crippen LogP contribution in [0.2, 0.25) is 0 Å². The second kappa shape index (κ2) is 5.34. The zero-order valence-corrected chi connectivity index (χ0v) is 10.4. The number of rotatable bonds is 1. The number of ether oxygens (including phenoxy) is 1. The topological polar surface area (TPSA) is 57.7 Å². The van der Waals surface area contributed by atoms with E-state index in [0.717, 1.165) is 0 Å². The highest BCUT2D eigenvalue weighted by Crippen LogP contribution is 2.13. The number of carbonyl (C=O) groups excluding carboxylic acids is 1. The summed E-state index contributed by atoms with van der Waals surface area (Å²) in [5.41, 5.74) is 0.679. The molecular weight excluding hydrogens is 220 g/mol. The molecule has 2 aromatic rings. The van der Waals surface area contributed by atoms with Gasteiger partial charge in [-0.25, -0.2) is 9.36 Å². The van der Waals surface area contributed by atoms with Crippen LogP contribution in [-0.4, -0.2) is 17.5 Å². The summed E-state index contributed by atoms with van der Waals surface area (Å²) < 4.78 is 7.50. The van der Waals surface area contributed by atoms with Gasteiger partial charge in [0.05, 0.1) is 20.4 Å². The van der Waals surface area contributed by atoms with Crippen molar-refractivity contribution in [2.75, 3.05) is 7.11 Å². The number of carbonyl (C=O) groups is 1. The number of fused-ring (bicyclic) bond motifs is 1. The monoisotopic (exact) mass is 236 g/mol. The third-order valence-corrected chi connectivity index (χ3v) is 2.31. The summed E-state index contributed by atoms with van der Waals surface area (Å²) in [6.07, 6.45) is 1.66. The highest BCUT2D eigenvalue weighted by molar-refractivity contribution is 5.90. The summed E-state index contributed by atoms with van der Waals surface area (Å²) in [7, 11) is 2.87. The van der Waals surface area contributed by atoms with Gasteiger partial charge in [-0.3, -0.25) is 0 Å². The first-order chi connectivity index (χ1) is 8.16. The smallest absolute Gasteiger partial charge is 0.381 e. The maximum atomic E-state index is 11.7. The number of esters is 1. The largest absolute Gasteiger partial charge is 0.839 e. The molecule has 2 heterocycles. The first-order valence-corrected chi connectivity index (χ1v) is 5.41. The molecule has 0 radical (unpaired) electrons. The van der Waals surface area contributed by atoms with E-state index in [-0.39, 0.29) is 11.6 Å². The number of hydrogen-bond acceptors (Lipinski definition) is 3. The van der Waals surface area contributed by atoms with Crippen molar-refractivity contribution in [3.8, 4) is 5.88 Å². The average Bonchev–Trinajstić information content (AvgIpc) is 2.64. The van der Waals surface area contributed by atoms with Crippen LogP contribution in [-0.2, 0) is 11.8 Å². The lowest BCUT2D eigenvalue weighted by Crippen LogP contribution is -2.31. The minimum absolute atomic E-state index is 0.0237. The molecule has 5 nitrogen and oxygen atoms in total. The van der Waals surface area contributed by atoms with Crippen LogP contribution in [0.1, 0.15) is 24.3 Å². The van der Waals surface area contributed by atoms with E-state index in [1.807, 2.05) is 13.8 Å². The number of aromatic nitrogens is 2. The van der Waals surface area contributed by atoms with Crippen molar-refractivity contribution in [3.63, 3.8) is 0 Å². The lowest BCUT2D eigenvalue weighted by atomic mass is 10.4. The Morgan fingerprint density at radius 1 is 1.41 bits per heavy atom. The Kier molecular flexibility index (Phi) is 4.09. The quantitative estimate of drug-likeness (QED) is 0.539. The number of hydrogen-bond donors (Lipinski definition) is 0. The van der Waals surface area contributed by atoms with Crippen molar-refractivity contribution in [1.29, 1.82) is 0 Å². The number of aryl methyl sites for hydroxylation is 1. The molecule has 0 spiro atoms. The molecule has 17 heavy (non-hydrogen) atoms. The van der Waals surface area contributed by atoms with Gasteiger partial charge in [0, 0.05) is 6.07 Å². The number of pyridine rings is 1. The standard InChI is InChI=1S/C10H10N2O3.C2H6/c1-11-7-5-3-4-6-12(7)8(9(11)13)10(14)15-2;1-2/h3-6H,1-2H3;1-2H3. The van der Waals surface area contributed by atoms with Crippen molar-refractivity contribution in [3.05, 3.63) is 30.1 Å². The van der Waals surface area contributed by atoms with Gasteiger partial charge in [0.2, 0.25) is 5.69 Å². The summed E-state index contributed by atoms with van der Waals surface area (Å²) in [6, 6.07) is 5.31. The van der Waals surface area contributed by atoms with E-state index in [1.165, 1.54) is 16.1 Å². The molecule has 0 bridgehead atoms. The zero-order valence-electron chi connectivity index (χ0n) is 10.4. The van der Waals surface area contributed by atoms with Crippen molar-refractivity contribution < 1.29 is 19.2 Å². The summed E-state index contributed by atoms with van der Waals surface area (Å²) in [5, 5.41) is 11.7. The molecule has 0 fully saturated rings. The van der Waals surface area contributed by atoms with E-state index in [9.17, 15) is 9.90 Å². The van der Waals surface area contributed by atoms with Crippen LogP contribution in [0.5, 0.6) is 5.88 Å². The Labute approximate surface area is 99.9 Å². The molecule has 0 saturated heterocycles. The van der Waals surface area contributed by atoms with Crippen LogP contribution < -0.4 is 9.67 Å². The minimum Gasteiger partial charge on any atom is -0.839 e. The van der Waals surface area contributed by atoms with Gasteiger partial charge >= 0.3 is 5.97 Å². The maximum absolute atomic E-state index is 11.7. The van der Waals surface area contributed by atoms with E-state index in [2.05, 4.69) is 4.74 Å². The van der Waals surface area contributed by atoms with Gasteiger partial charge in [-0.05, 0) is 6.07 Å². The van der Waals surface area contributed by atoms with Crippen molar-refractivity contribution in [2.24, 2.45) is 7.05 Å². The predicted molar refractivity (Wildman–Crippen MR) is 60.7 cm³/mol. The Hall–Kier alpha value is -2.04. The molecule has 0 amide bonds. The fraction of sp³-hybridized carbons (Fsp3) is 0.333. The lowest BCUT2D eigenvalue weighted by molar-refractivity contribution is -0.690. The van der Waals surface area contributed by atoms with Gasteiger partial charge in [-0.2, -0.15) is 4.40 Å². The summed E-state index contributed by atoms with van der Waals surface area (Å²) in [5.74, 6) is -0.977. The highest BCUT2D eigenvalue weighted by atomic mass is 16.5. The number of imidazole rings is 1. The van der Waals surface area contributed by atoms with Crippen LogP contribution >= 0.6 is 0 Å². The van der Waals surface area contributed by atoms with Gasteiger partial charge in [0.25, 0.3) is 5.65 Å². The van der Waals surface area contributed by atoms with Gasteiger partial charge in [0.1, 0.15) is 5.88 Å². The fourth-order valence-corrected chi connectivity index (χ4v) is 1.54. The molecule has 2 aromatic heterocycles. The molecule has 0 atom stereocenters. The van der Waals surface area contributed by atoms with Crippen LogP contribution in [0.3, 0.4) is 0 Å². The SMILES string of the molecule is CC.COC(=O)c1c([O-])[n+](C)c2ccccn12. The van der Waals surface area contributed by atoms with Crippen LogP contribution in [0.4, 0.5) is 0 Å². The van der Waals surface area contributed by atoms with Gasteiger partial charge in [-0.15, -0.1) is 0 Å². The predicted octanol–water partition coefficient (Wildman–Crippen LogP) is 0.650. The van der Waals surface area contributed by atoms with Crippen molar-refractivity contribution in [2.45, 2.75) is 13.8 Å². The third kappa shape index (κ3) is 2.08. The summed E-state index contributed by atoms with van der Waals surface area (Å²) >= 11 is 0. The molecule has 0 aliphatic rings. The Bertz CT molecular complexity index is 532. The third-order valence-electron chi connectivity index (χ3n) is 2.31. The maximum Gasteiger partial charge on any atom is 0.381 e. The van der Waals surface area contributed by atoms with Gasteiger partial charge in [-0.1, -0.05) is 19.9 Å². The van der Waals surface area contributed by atoms with Gasteiger partial charge < -0.3 is 9.84 Å². The molecule has 0 aliphatic carbocycles. The normalized spacial score (nSPS) is 9.65. The lowest BCUT2D eigenvalue weighted by Gasteiger charge is -2.00. The molecule has 2 rings (SSSR count). The Morgan fingerprint density at radius 3 is 2.65 bits per heavy atom. The molecular formula is C12H16N2O3. The molecule has 0 saturated carbocycles. The molecule has 0 aromatic carbocycles. The molecule has 0 N–H and O–H groups in total. The number of nitrogens with zero attached hydrogens (tertiary/aromatic N) is 2. The van der Waals surface area contributed by atoms with Crippen LogP contribution in [0.15, 0.2) is 24.4 Å². The Balaban J connectivity index is 0.000000686. The summed E-state index contributed by atoms with van der Waals surface area (Å²) in [4.78, 5) is 11.4. The second-order valence-electron chi connectivity index (χ2n) is 3.13. The molecule has 0 aliphatic heterocycles. The highest BCUT2D eigenvalue weighted by Gasteiger charge is 2.23. The van der Waals surface area contributed by atoms with Crippen molar-refractivity contribution >= 4 is 11.6 Å². The molecule has 92 valence electrons. The fourth-order valence-electron chi connectivity index (χ4n) is 1.54. The summed E-state index contributed by atoms with van der Waals surface area (Å²) in [6.45, 7) is 4.00. The van der Waals surface area contributed by atoms with Crippen LogP contribution in [0, 0.1) is 0 Å². The zero-order chi connectivity index (χ0) is 13.0. The van der Waals surface area contributed by atoms with E-state index in [1.54, 1.807) is 31.4 Å². The first-order valence-electron chi connectivity index (χ1n) is 5.41. The van der Waals surface area contributed by atoms with E-state index in [0.29, 0.717) is 5.65 Å². The second-order valence-corrected chi connectivity index (χ2v) is 3.13. The Morgan fingerprint density at radius 2 is 2.06 bits per heavy atom. The molecule has 5 heteroatoms. The van der Waals surface area contributed by atoms with E-state index >= 15 is 0 Å². The van der Waals surface area contributed by atoms with Crippen LogP contribution in [0.25, 0.3) is 5.65 Å². The minimum atomic E-state index is -0.623. The van der Waals surface area contributed by atoms with Gasteiger partial charge in [0.15, 0.2) is 0 Å². The van der Waals surface area contributed by atoms with E-state index in [4.69, 9.17) is 0 Å². The first kappa shape index (κ1) is 13.0. The molecule has 0 unspecified atom stereocenters. The number of methoxy groups -OCH3 is 1. The van der Waals surface area contributed by atoms with E-state index < -0.39 is 5.97 Å². The average molecular weight is 236 g/mol.